The predicted octanol–water partition coefficient (Wildman–Crippen LogP) is 4.87. The maximum Gasteiger partial charge on any atom is 0.260 e. The number of aromatic nitrogens is 1. The van der Waals surface area contributed by atoms with Crippen molar-refractivity contribution in [2.75, 3.05) is 0 Å². The van der Waals surface area contributed by atoms with Gasteiger partial charge >= 0.3 is 0 Å². The largest absolute Gasteiger partial charge is 0.299 e. The summed E-state index contributed by atoms with van der Waals surface area (Å²) in [4.78, 5) is 21.1. The molecule has 0 bridgehead atoms. The molecule has 0 spiro atoms. The lowest BCUT2D eigenvalue weighted by Crippen LogP contribution is -2.19. The van der Waals surface area contributed by atoms with Gasteiger partial charge < -0.3 is 0 Å². The van der Waals surface area contributed by atoms with Gasteiger partial charge in [0.15, 0.2) is 0 Å². The molecule has 6 heteroatoms. The molecule has 2 aromatic rings. The Morgan fingerprint density at radius 3 is 2.57 bits per heavy atom. The molecule has 1 aromatic carbocycles. The molecule has 0 N–H and O–H groups in total. The summed E-state index contributed by atoms with van der Waals surface area (Å²) in [5.74, 6) is -3.00. The van der Waals surface area contributed by atoms with Crippen molar-refractivity contribution < 1.29 is 18.0 Å². The smallest absolute Gasteiger partial charge is 0.260 e. The maximum absolute atomic E-state index is 13.7. The van der Waals surface area contributed by atoms with Gasteiger partial charge in [-0.2, -0.15) is 0 Å². The Labute approximate surface area is 161 Å². The van der Waals surface area contributed by atoms with Crippen molar-refractivity contribution in [3.05, 3.63) is 64.7 Å². The van der Waals surface area contributed by atoms with Gasteiger partial charge in [-0.15, -0.1) is 0 Å². The zero-order chi connectivity index (χ0) is 20.1. The minimum atomic E-state index is -2.71. The molecule has 0 saturated heterocycles. The molecule has 0 radical (unpaired) electrons. The highest BCUT2D eigenvalue weighted by atomic mass is 19.3. The van der Waals surface area contributed by atoms with Crippen LogP contribution in [0.1, 0.15) is 55.0 Å². The normalized spacial score (nSPS) is 23.1. The summed E-state index contributed by atoms with van der Waals surface area (Å²) in [7, 11) is 0. The van der Waals surface area contributed by atoms with Crippen molar-refractivity contribution in [3.8, 4) is 0 Å². The molecule has 1 aliphatic heterocycles. The van der Waals surface area contributed by atoms with Gasteiger partial charge in [0.05, 0.1) is 17.7 Å². The lowest BCUT2D eigenvalue weighted by Gasteiger charge is -2.13. The quantitative estimate of drug-likeness (QED) is 0.711. The molecule has 1 aromatic heterocycles. The number of aliphatic imine (C=N–C) groups is 1. The maximum atomic E-state index is 13.7. The van der Waals surface area contributed by atoms with E-state index in [-0.39, 0.29) is 30.4 Å². The van der Waals surface area contributed by atoms with Crippen molar-refractivity contribution in [2.45, 2.75) is 51.5 Å². The van der Waals surface area contributed by atoms with E-state index in [1.54, 1.807) is 24.4 Å². The summed E-state index contributed by atoms with van der Waals surface area (Å²) in [6.45, 7) is 3.82. The second-order valence-electron chi connectivity index (χ2n) is 8.08. The molecule has 2 atom stereocenters. The lowest BCUT2D eigenvalue weighted by atomic mass is 9.93. The zero-order valence-corrected chi connectivity index (χ0v) is 15.8. The minimum Gasteiger partial charge on any atom is -0.299 e. The van der Waals surface area contributed by atoms with Gasteiger partial charge in [-0.05, 0) is 42.2 Å². The highest BCUT2D eigenvalue weighted by molar-refractivity contribution is 6.09. The Kier molecular flexibility index (Phi) is 4.40. The summed E-state index contributed by atoms with van der Waals surface area (Å²) < 4.78 is 40.4. The first-order valence-electron chi connectivity index (χ1n) is 9.38. The summed E-state index contributed by atoms with van der Waals surface area (Å²) in [6.07, 6.45) is 1.91. The topological polar surface area (TPSA) is 42.3 Å². The van der Waals surface area contributed by atoms with E-state index in [1.807, 2.05) is 6.92 Å². The van der Waals surface area contributed by atoms with E-state index in [1.165, 1.54) is 19.1 Å². The number of carbonyl (C=O) groups is 1. The standard InChI is InChI=1S/C22H21F3N2O/c1-13(14-3-5-16(23)6-4-14)7-18(28)9-17-8-15-10-27-20(19(15)11-26-17)21(2)12-22(21,24)25/h3-6,8,11,13H,7,9-10,12H2,1-2H3/t13-,21?/m0/s1. The van der Waals surface area contributed by atoms with E-state index in [0.29, 0.717) is 29.9 Å². The number of hydrogen-bond donors (Lipinski definition) is 0. The Hall–Kier alpha value is -2.50. The number of Topliss-reactive ketones (excluding diaryl/α,β-unsaturated/α-hetero) is 1. The van der Waals surface area contributed by atoms with Gasteiger partial charge in [0.25, 0.3) is 5.92 Å². The molecule has 1 aliphatic carbocycles. The van der Waals surface area contributed by atoms with Crippen LogP contribution in [0.2, 0.25) is 0 Å². The zero-order valence-electron chi connectivity index (χ0n) is 15.8. The number of ketones is 1. The monoisotopic (exact) mass is 386 g/mol. The van der Waals surface area contributed by atoms with Crippen LogP contribution in [0.5, 0.6) is 0 Å². The first-order chi connectivity index (χ1) is 13.2. The summed E-state index contributed by atoms with van der Waals surface area (Å²) in [5, 5.41) is 0. The van der Waals surface area contributed by atoms with E-state index in [2.05, 4.69) is 9.98 Å². The second kappa shape index (κ2) is 6.54. The molecular formula is C22H21F3N2O. The number of nitrogens with zero attached hydrogens (tertiary/aromatic N) is 2. The minimum absolute atomic E-state index is 0.0190. The van der Waals surface area contributed by atoms with Crippen molar-refractivity contribution >= 4 is 11.5 Å². The fraction of sp³-hybridized carbons (Fsp3) is 0.409. The van der Waals surface area contributed by atoms with E-state index >= 15 is 0 Å². The van der Waals surface area contributed by atoms with Crippen molar-refractivity contribution in [1.29, 1.82) is 0 Å². The van der Waals surface area contributed by atoms with Gasteiger partial charge in [0, 0.05) is 36.7 Å². The van der Waals surface area contributed by atoms with Gasteiger partial charge in [-0.25, -0.2) is 13.2 Å². The van der Waals surface area contributed by atoms with Crippen molar-refractivity contribution in [2.24, 2.45) is 10.4 Å². The van der Waals surface area contributed by atoms with Gasteiger partial charge in [0.1, 0.15) is 11.6 Å². The Balaban J connectivity index is 1.42. The summed E-state index contributed by atoms with van der Waals surface area (Å²) >= 11 is 0. The molecule has 28 heavy (non-hydrogen) atoms. The third-order valence-corrected chi connectivity index (χ3v) is 5.84. The number of hydrogen-bond acceptors (Lipinski definition) is 3. The van der Waals surface area contributed by atoms with Crippen LogP contribution in [0.4, 0.5) is 13.2 Å². The van der Waals surface area contributed by atoms with Crippen LogP contribution in [0.15, 0.2) is 41.5 Å². The molecule has 2 heterocycles. The van der Waals surface area contributed by atoms with Crippen LogP contribution in [0.3, 0.4) is 0 Å². The van der Waals surface area contributed by atoms with Gasteiger partial charge in [-0.3, -0.25) is 14.8 Å². The number of carbonyl (C=O) groups excluding carboxylic acids is 1. The number of halogens is 3. The highest BCUT2D eigenvalue weighted by Crippen LogP contribution is 2.62. The first-order valence-corrected chi connectivity index (χ1v) is 9.38. The van der Waals surface area contributed by atoms with Gasteiger partial charge in [-0.1, -0.05) is 19.1 Å². The molecule has 146 valence electrons. The molecule has 3 nitrogen and oxygen atoms in total. The van der Waals surface area contributed by atoms with Gasteiger partial charge in [0.2, 0.25) is 0 Å². The van der Waals surface area contributed by atoms with E-state index in [4.69, 9.17) is 0 Å². The van der Waals surface area contributed by atoms with E-state index in [9.17, 15) is 18.0 Å². The number of fused-ring (bicyclic) bond motifs is 1. The molecule has 1 unspecified atom stereocenters. The molecular weight excluding hydrogens is 365 g/mol. The lowest BCUT2D eigenvalue weighted by molar-refractivity contribution is -0.118. The van der Waals surface area contributed by atoms with Crippen LogP contribution >= 0.6 is 0 Å². The average Bonchev–Trinajstić information content (AvgIpc) is 2.97. The number of alkyl halides is 2. The molecule has 1 fully saturated rings. The van der Waals surface area contributed by atoms with Crippen molar-refractivity contribution in [1.82, 2.24) is 4.98 Å². The fourth-order valence-corrected chi connectivity index (χ4v) is 3.89. The van der Waals surface area contributed by atoms with Crippen LogP contribution in [0.25, 0.3) is 0 Å². The third kappa shape index (κ3) is 3.25. The van der Waals surface area contributed by atoms with Crippen LogP contribution < -0.4 is 0 Å². The number of pyridine rings is 1. The third-order valence-electron chi connectivity index (χ3n) is 5.84. The SMILES string of the molecule is C[C@@H](CC(=O)Cc1cc2c(cn1)C(C1(C)CC1(F)F)=NC2)c1ccc(F)cc1. The second-order valence-corrected chi connectivity index (χ2v) is 8.08. The van der Waals surface area contributed by atoms with Crippen molar-refractivity contribution in [3.63, 3.8) is 0 Å². The Bertz CT molecular complexity index is 968. The Morgan fingerprint density at radius 1 is 1.25 bits per heavy atom. The highest BCUT2D eigenvalue weighted by Gasteiger charge is 2.71. The first kappa shape index (κ1) is 18.8. The predicted molar refractivity (Wildman–Crippen MR) is 100 cm³/mol. The molecule has 1 saturated carbocycles. The summed E-state index contributed by atoms with van der Waals surface area (Å²) in [6, 6.07) is 7.96. The van der Waals surface area contributed by atoms with Crippen LogP contribution in [-0.2, 0) is 17.8 Å². The molecule has 0 amide bonds. The van der Waals surface area contributed by atoms with E-state index < -0.39 is 11.3 Å². The molecule has 4 rings (SSSR count). The molecule has 2 aliphatic rings. The Morgan fingerprint density at radius 2 is 1.93 bits per heavy atom. The van der Waals surface area contributed by atoms with E-state index in [0.717, 1.165) is 11.1 Å². The average molecular weight is 386 g/mol. The van der Waals surface area contributed by atoms with Crippen LogP contribution in [0, 0.1) is 11.2 Å². The number of rotatable bonds is 6. The number of benzene rings is 1. The van der Waals surface area contributed by atoms with Crippen LogP contribution in [-0.4, -0.2) is 22.4 Å². The fourth-order valence-electron chi connectivity index (χ4n) is 3.89. The summed E-state index contributed by atoms with van der Waals surface area (Å²) in [5.41, 5.74) is 2.30.